The van der Waals surface area contributed by atoms with Crippen LogP contribution in [0.3, 0.4) is 0 Å². The third kappa shape index (κ3) is 2.15. The van der Waals surface area contributed by atoms with E-state index in [4.69, 9.17) is 14.2 Å². The van der Waals surface area contributed by atoms with Gasteiger partial charge in [-0.05, 0) is 30.5 Å². The van der Waals surface area contributed by atoms with E-state index in [1.165, 1.54) is 7.11 Å². The Morgan fingerprint density at radius 1 is 1.30 bits per heavy atom. The minimum absolute atomic E-state index is 0.0923. The Labute approximate surface area is 113 Å². The predicted octanol–water partition coefficient (Wildman–Crippen LogP) is 2.61. The highest BCUT2D eigenvalue weighted by atomic mass is 19.4. The van der Waals surface area contributed by atoms with Gasteiger partial charge in [-0.25, -0.2) is 0 Å². The highest BCUT2D eigenvalue weighted by Crippen LogP contribution is 2.49. The zero-order chi connectivity index (χ0) is 14.4. The summed E-state index contributed by atoms with van der Waals surface area (Å²) in [4.78, 5) is 0. The summed E-state index contributed by atoms with van der Waals surface area (Å²) < 4.78 is 54.1. The maximum absolute atomic E-state index is 12.8. The van der Waals surface area contributed by atoms with Gasteiger partial charge >= 0.3 is 6.18 Å². The number of ether oxygens (including phenoxy) is 3. The first kappa shape index (κ1) is 13.4. The van der Waals surface area contributed by atoms with Gasteiger partial charge in [0.05, 0.1) is 7.11 Å². The van der Waals surface area contributed by atoms with Gasteiger partial charge in [-0.3, -0.25) is 5.32 Å². The summed E-state index contributed by atoms with van der Waals surface area (Å²) in [6.45, 7) is 0.196. The molecule has 0 unspecified atom stereocenters. The lowest BCUT2D eigenvalue weighted by molar-refractivity contribution is -0.166. The predicted molar refractivity (Wildman–Crippen MR) is 64.0 cm³/mol. The highest BCUT2D eigenvalue weighted by Gasteiger charge is 2.62. The molecule has 1 saturated carbocycles. The summed E-state index contributed by atoms with van der Waals surface area (Å²) >= 11 is 0. The molecule has 0 amide bonds. The fourth-order valence-electron chi connectivity index (χ4n) is 2.24. The number of nitrogens with one attached hydrogen (secondary N) is 1. The van der Waals surface area contributed by atoms with E-state index in [9.17, 15) is 13.2 Å². The Bertz CT molecular complexity index is 526. The van der Waals surface area contributed by atoms with Crippen LogP contribution in [0, 0.1) is 0 Å². The molecule has 1 aromatic carbocycles. The molecule has 7 heteroatoms. The summed E-state index contributed by atoms with van der Waals surface area (Å²) in [6, 6.07) is 3.33. The van der Waals surface area contributed by atoms with Crippen molar-refractivity contribution in [3.8, 4) is 17.2 Å². The number of fused-ring (bicyclic) bond motifs is 1. The van der Waals surface area contributed by atoms with Crippen LogP contribution in [-0.2, 0) is 6.54 Å². The second-order valence-corrected chi connectivity index (χ2v) is 4.97. The van der Waals surface area contributed by atoms with E-state index >= 15 is 0 Å². The van der Waals surface area contributed by atoms with Gasteiger partial charge in [-0.2, -0.15) is 13.2 Å². The van der Waals surface area contributed by atoms with E-state index in [-0.39, 0.29) is 26.2 Å². The Kier molecular flexibility index (Phi) is 2.97. The number of hydrogen-bond acceptors (Lipinski definition) is 4. The molecule has 0 radical (unpaired) electrons. The van der Waals surface area contributed by atoms with Crippen molar-refractivity contribution < 1.29 is 27.4 Å². The minimum atomic E-state index is -4.21. The minimum Gasteiger partial charge on any atom is -0.493 e. The number of benzene rings is 1. The molecule has 1 aromatic rings. The molecule has 0 bridgehead atoms. The Morgan fingerprint density at radius 2 is 2.05 bits per heavy atom. The van der Waals surface area contributed by atoms with Crippen LogP contribution in [0.1, 0.15) is 18.4 Å². The summed E-state index contributed by atoms with van der Waals surface area (Å²) in [7, 11) is 1.48. The number of methoxy groups -OCH3 is 1. The SMILES string of the molecule is COc1cc(CNC2(C(F)(F)F)CC2)cc2c1OCO2. The molecular weight excluding hydrogens is 275 g/mol. The molecular formula is C13H14F3NO3. The van der Waals surface area contributed by atoms with Crippen molar-refractivity contribution in [3.63, 3.8) is 0 Å². The lowest BCUT2D eigenvalue weighted by Gasteiger charge is -2.21. The first-order chi connectivity index (χ1) is 9.45. The van der Waals surface area contributed by atoms with Crippen molar-refractivity contribution in [2.75, 3.05) is 13.9 Å². The molecule has 0 saturated heterocycles. The van der Waals surface area contributed by atoms with Gasteiger partial charge in [0.2, 0.25) is 12.5 Å². The fraction of sp³-hybridized carbons (Fsp3) is 0.538. The molecule has 0 aromatic heterocycles. The molecule has 1 heterocycles. The van der Waals surface area contributed by atoms with Gasteiger partial charge in [0.15, 0.2) is 11.5 Å². The fourth-order valence-corrected chi connectivity index (χ4v) is 2.24. The number of alkyl halides is 3. The Balaban J connectivity index is 1.76. The standard InChI is InChI=1S/C13H14F3NO3/c1-18-9-4-8(5-10-11(9)20-7-19-10)6-17-12(2-3-12)13(14,15)16/h4-5,17H,2-3,6-7H2,1H3. The third-order valence-corrected chi connectivity index (χ3v) is 3.64. The van der Waals surface area contributed by atoms with Crippen molar-refractivity contribution in [2.24, 2.45) is 0 Å². The van der Waals surface area contributed by atoms with Crippen molar-refractivity contribution in [2.45, 2.75) is 31.1 Å². The molecule has 20 heavy (non-hydrogen) atoms. The van der Waals surface area contributed by atoms with E-state index in [0.29, 0.717) is 22.8 Å². The summed E-state index contributed by atoms with van der Waals surface area (Å²) in [5.41, 5.74) is -1.06. The molecule has 2 aliphatic rings. The van der Waals surface area contributed by atoms with E-state index in [1.807, 2.05) is 0 Å². The second-order valence-electron chi connectivity index (χ2n) is 4.97. The average molecular weight is 289 g/mol. The van der Waals surface area contributed by atoms with Crippen LogP contribution >= 0.6 is 0 Å². The van der Waals surface area contributed by atoms with E-state index in [1.54, 1.807) is 12.1 Å². The van der Waals surface area contributed by atoms with Crippen LogP contribution < -0.4 is 19.5 Å². The number of halogens is 3. The molecule has 1 aliphatic carbocycles. The maximum Gasteiger partial charge on any atom is 0.406 e. The first-order valence-corrected chi connectivity index (χ1v) is 6.23. The van der Waals surface area contributed by atoms with Crippen molar-refractivity contribution in [1.29, 1.82) is 0 Å². The topological polar surface area (TPSA) is 39.7 Å². The second kappa shape index (κ2) is 4.44. The zero-order valence-electron chi connectivity index (χ0n) is 10.8. The third-order valence-electron chi connectivity index (χ3n) is 3.64. The molecule has 3 rings (SSSR count). The lowest BCUT2D eigenvalue weighted by atomic mass is 10.1. The smallest absolute Gasteiger partial charge is 0.406 e. The van der Waals surface area contributed by atoms with Crippen molar-refractivity contribution >= 4 is 0 Å². The van der Waals surface area contributed by atoms with Crippen LogP contribution in [0.25, 0.3) is 0 Å². The van der Waals surface area contributed by atoms with Gasteiger partial charge in [0.25, 0.3) is 0 Å². The van der Waals surface area contributed by atoms with Gasteiger partial charge in [0, 0.05) is 6.54 Å². The van der Waals surface area contributed by atoms with E-state index < -0.39 is 11.7 Å². The summed E-state index contributed by atoms with van der Waals surface area (Å²) in [6.07, 6.45) is -3.97. The number of rotatable bonds is 4. The first-order valence-electron chi connectivity index (χ1n) is 6.23. The quantitative estimate of drug-likeness (QED) is 0.925. The molecule has 1 N–H and O–H groups in total. The average Bonchev–Trinajstić information content (AvgIpc) is 3.06. The van der Waals surface area contributed by atoms with Crippen LogP contribution in [0.2, 0.25) is 0 Å². The van der Waals surface area contributed by atoms with Crippen molar-refractivity contribution in [3.05, 3.63) is 17.7 Å². The normalized spacial score (nSPS) is 19.0. The molecule has 0 spiro atoms. The highest BCUT2D eigenvalue weighted by molar-refractivity contribution is 5.55. The summed E-state index contributed by atoms with van der Waals surface area (Å²) in [5, 5.41) is 2.59. The van der Waals surface area contributed by atoms with Crippen molar-refractivity contribution in [1.82, 2.24) is 5.32 Å². The van der Waals surface area contributed by atoms with E-state index in [2.05, 4.69) is 5.32 Å². The monoisotopic (exact) mass is 289 g/mol. The number of hydrogen-bond donors (Lipinski definition) is 1. The summed E-state index contributed by atoms with van der Waals surface area (Å²) in [5.74, 6) is 1.46. The van der Waals surface area contributed by atoms with Gasteiger partial charge in [-0.15, -0.1) is 0 Å². The zero-order valence-corrected chi connectivity index (χ0v) is 10.8. The Morgan fingerprint density at radius 3 is 2.65 bits per heavy atom. The van der Waals surface area contributed by atoms with Crippen LogP contribution in [0.5, 0.6) is 17.2 Å². The van der Waals surface area contributed by atoms with Crippen LogP contribution in [-0.4, -0.2) is 25.6 Å². The lowest BCUT2D eigenvalue weighted by Crippen LogP contribution is -2.44. The van der Waals surface area contributed by atoms with Crippen LogP contribution in [0.15, 0.2) is 12.1 Å². The molecule has 110 valence electrons. The van der Waals surface area contributed by atoms with E-state index in [0.717, 1.165) is 0 Å². The van der Waals surface area contributed by atoms with Crippen LogP contribution in [0.4, 0.5) is 13.2 Å². The largest absolute Gasteiger partial charge is 0.493 e. The Hall–Kier alpha value is -1.63. The van der Waals surface area contributed by atoms with Gasteiger partial charge in [0.1, 0.15) is 5.54 Å². The molecule has 4 nitrogen and oxygen atoms in total. The molecule has 1 aliphatic heterocycles. The molecule has 1 fully saturated rings. The van der Waals surface area contributed by atoms with Gasteiger partial charge < -0.3 is 14.2 Å². The van der Waals surface area contributed by atoms with Gasteiger partial charge in [-0.1, -0.05) is 0 Å². The molecule has 0 atom stereocenters. The maximum atomic E-state index is 12.8.